The fraction of sp³-hybridized carbons (Fsp3) is 1.00. The topological polar surface area (TPSA) is 58.2 Å². The second-order valence-electron chi connectivity index (χ2n) is 6.82. The fourth-order valence-electron chi connectivity index (χ4n) is 3.25. The summed E-state index contributed by atoms with van der Waals surface area (Å²) in [5, 5.41) is 3.37. The normalized spacial score (nSPS) is 27.9. The largest absolute Gasteiger partial charge is 0.314 e. The van der Waals surface area contributed by atoms with E-state index < -0.39 is 10.0 Å². The Bertz CT molecular complexity index is 391. The second-order valence-corrected chi connectivity index (χ2v) is 8.69. The molecule has 2 aliphatic rings. The third-order valence-electron chi connectivity index (χ3n) is 4.61. The van der Waals surface area contributed by atoms with E-state index in [-0.39, 0.29) is 11.8 Å². The van der Waals surface area contributed by atoms with Crippen LogP contribution in [-0.2, 0) is 10.0 Å². The number of sulfonamides is 1. The quantitative estimate of drug-likeness (QED) is 0.676. The zero-order valence-electron chi connectivity index (χ0n) is 12.9. The lowest BCUT2D eigenvalue weighted by atomic mass is 9.78. The molecule has 4 nitrogen and oxygen atoms in total. The first-order valence-corrected chi connectivity index (χ1v) is 9.86. The van der Waals surface area contributed by atoms with Crippen LogP contribution in [0.1, 0.15) is 58.8 Å². The first-order chi connectivity index (χ1) is 9.48. The van der Waals surface area contributed by atoms with Crippen LogP contribution >= 0.6 is 0 Å². The Morgan fingerprint density at radius 2 is 1.80 bits per heavy atom. The zero-order chi connectivity index (χ0) is 14.6. The zero-order valence-corrected chi connectivity index (χ0v) is 13.7. The number of hydrogen-bond donors (Lipinski definition) is 2. The van der Waals surface area contributed by atoms with Gasteiger partial charge in [-0.3, -0.25) is 0 Å². The molecule has 2 rings (SSSR count). The van der Waals surface area contributed by atoms with Gasteiger partial charge >= 0.3 is 0 Å². The van der Waals surface area contributed by atoms with Crippen LogP contribution in [0.15, 0.2) is 0 Å². The van der Waals surface area contributed by atoms with Crippen LogP contribution in [0.4, 0.5) is 0 Å². The molecule has 0 aromatic carbocycles. The van der Waals surface area contributed by atoms with Crippen molar-refractivity contribution in [3.05, 3.63) is 0 Å². The lowest BCUT2D eigenvalue weighted by Crippen LogP contribution is -2.44. The van der Waals surface area contributed by atoms with Gasteiger partial charge in [-0.2, -0.15) is 0 Å². The summed E-state index contributed by atoms with van der Waals surface area (Å²) in [7, 11) is -3.12. The van der Waals surface area contributed by atoms with Crippen molar-refractivity contribution in [2.45, 2.75) is 70.9 Å². The minimum atomic E-state index is -3.12. The van der Waals surface area contributed by atoms with E-state index in [0.717, 1.165) is 25.8 Å². The molecule has 118 valence electrons. The Morgan fingerprint density at radius 3 is 2.45 bits per heavy atom. The molecule has 0 amide bonds. The first kappa shape index (κ1) is 16.2. The molecular weight excluding hydrogens is 272 g/mol. The van der Waals surface area contributed by atoms with Gasteiger partial charge in [0, 0.05) is 12.1 Å². The molecule has 0 heterocycles. The maximum Gasteiger partial charge on any atom is 0.211 e. The summed E-state index contributed by atoms with van der Waals surface area (Å²) in [6.45, 7) is 5.23. The molecule has 2 fully saturated rings. The summed E-state index contributed by atoms with van der Waals surface area (Å²) in [4.78, 5) is 0. The monoisotopic (exact) mass is 302 g/mol. The Balaban J connectivity index is 1.75. The average Bonchev–Trinajstić information content (AvgIpc) is 3.18. The van der Waals surface area contributed by atoms with Gasteiger partial charge in [0.2, 0.25) is 10.0 Å². The van der Waals surface area contributed by atoms with E-state index in [1.807, 2.05) is 0 Å². The van der Waals surface area contributed by atoms with Gasteiger partial charge in [-0.05, 0) is 50.5 Å². The smallest absolute Gasteiger partial charge is 0.211 e. The summed E-state index contributed by atoms with van der Waals surface area (Å²) in [6.07, 6.45) is 7.78. The van der Waals surface area contributed by atoms with E-state index in [2.05, 4.69) is 23.9 Å². The highest BCUT2D eigenvalue weighted by Gasteiger charge is 2.30. The lowest BCUT2D eigenvalue weighted by Gasteiger charge is -2.34. The Labute approximate surface area is 124 Å². The van der Waals surface area contributed by atoms with E-state index >= 15 is 0 Å². The van der Waals surface area contributed by atoms with E-state index in [1.54, 1.807) is 0 Å². The molecule has 2 N–H and O–H groups in total. The van der Waals surface area contributed by atoms with Crippen LogP contribution in [0, 0.1) is 11.8 Å². The third-order valence-corrected chi connectivity index (χ3v) is 6.09. The van der Waals surface area contributed by atoms with Gasteiger partial charge in [-0.15, -0.1) is 0 Å². The molecule has 2 aliphatic carbocycles. The van der Waals surface area contributed by atoms with Gasteiger partial charge in [-0.25, -0.2) is 13.1 Å². The van der Waals surface area contributed by atoms with Gasteiger partial charge in [0.25, 0.3) is 0 Å². The predicted molar refractivity (Wildman–Crippen MR) is 83.1 cm³/mol. The van der Waals surface area contributed by atoms with Crippen molar-refractivity contribution in [1.29, 1.82) is 0 Å². The van der Waals surface area contributed by atoms with Crippen molar-refractivity contribution in [2.75, 3.05) is 12.3 Å². The fourth-order valence-corrected chi connectivity index (χ4v) is 4.65. The summed E-state index contributed by atoms with van der Waals surface area (Å²) in [5.41, 5.74) is 0. The average molecular weight is 302 g/mol. The molecule has 0 aromatic rings. The standard InChI is InChI=1S/C15H30N2O2S/c1-12(2)14-6-3-4-7-15(14)17-20(18,19)11-5-10-16-13-8-9-13/h12-17H,3-11H2,1-2H3. The van der Waals surface area contributed by atoms with Crippen LogP contribution in [0.2, 0.25) is 0 Å². The van der Waals surface area contributed by atoms with E-state index in [0.29, 0.717) is 24.3 Å². The van der Waals surface area contributed by atoms with Gasteiger partial charge in [0.05, 0.1) is 5.75 Å². The van der Waals surface area contributed by atoms with Crippen LogP contribution < -0.4 is 10.0 Å². The van der Waals surface area contributed by atoms with E-state index in [4.69, 9.17) is 0 Å². The second kappa shape index (κ2) is 7.23. The minimum absolute atomic E-state index is 0.158. The lowest BCUT2D eigenvalue weighted by molar-refractivity contribution is 0.226. The van der Waals surface area contributed by atoms with Crippen LogP contribution in [0.3, 0.4) is 0 Å². The van der Waals surface area contributed by atoms with Crippen molar-refractivity contribution in [3.8, 4) is 0 Å². The van der Waals surface area contributed by atoms with Gasteiger partial charge in [0.1, 0.15) is 0 Å². The Morgan fingerprint density at radius 1 is 1.10 bits per heavy atom. The van der Waals surface area contributed by atoms with Crippen LogP contribution in [0.5, 0.6) is 0 Å². The van der Waals surface area contributed by atoms with Crippen molar-refractivity contribution < 1.29 is 8.42 Å². The molecule has 2 saturated carbocycles. The van der Waals surface area contributed by atoms with Gasteiger partial charge < -0.3 is 5.32 Å². The first-order valence-electron chi connectivity index (χ1n) is 8.21. The summed E-state index contributed by atoms with van der Waals surface area (Å²) in [5.74, 6) is 1.32. The minimum Gasteiger partial charge on any atom is -0.314 e. The highest BCUT2D eigenvalue weighted by Crippen LogP contribution is 2.30. The highest BCUT2D eigenvalue weighted by atomic mass is 32.2. The van der Waals surface area contributed by atoms with Crippen molar-refractivity contribution in [3.63, 3.8) is 0 Å². The number of rotatable bonds is 8. The Kier molecular flexibility index (Phi) is 5.87. The Hall–Kier alpha value is -0.130. The molecule has 0 spiro atoms. The predicted octanol–water partition coefficient (Wildman–Crippen LogP) is 2.26. The van der Waals surface area contributed by atoms with E-state index in [9.17, 15) is 8.42 Å². The summed E-state index contributed by atoms with van der Waals surface area (Å²) in [6, 6.07) is 0.819. The molecule has 0 bridgehead atoms. The SMILES string of the molecule is CC(C)C1CCCCC1NS(=O)(=O)CCCNC1CC1. The number of nitrogens with one attached hydrogen (secondary N) is 2. The summed E-state index contributed by atoms with van der Waals surface area (Å²) >= 11 is 0. The molecule has 20 heavy (non-hydrogen) atoms. The third kappa shape index (κ3) is 5.34. The molecule has 5 heteroatoms. The molecular formula is C15H30N2O2S. The van der Waals surface area contributed by atoms with Gasteiger partial charge in [-0.1, -0.05) is 26.7 Å². The molecule has 0 radical (unpaired) electrons. The molecule has 2 unspecified atom stereocenters. The maximum atomic E-state index is 12.2. The molecule has 0 aliphatic heterocycles. The maximum absolute atomic E-state index is 12.2. The highest BCUT2D eigenvalue weighted by molar-refractivity contribution is 7.89. The summed E-state index contributed by atoms with van der Waals surface area (Å²) < 4.78 is 27.4. The molecule has 0 saturated heterocycles. The molecule has 2 atom stereocenters. The van der Waals surface area contributed by atoms with Crippen LogP contribution in [0.25, 0.3) is 0 Å². The van der Waals surface area contributed by atoms with Crippen molar-refractivity contribution in [2.24, 2.45) is 11.8 Å². The van der Waals surface area contributed by atoms with Crippen LogP contribution in [-0.4, -0.2) is 32.8 Å². The van der Waals surface area contributed by atoms with Crippen molar-refractivity contribution >= 4 is 10.0 Å². The molecule has 0 aromatic heterocycles. The number of hydrogen-bond acceptors (Lipinski definition) is 3. The van der Waals surface area contributed by atoms with Crippen molar-refractivity contribution in [1.82, 2.24) is 10.0 Å². The van der Waals surface area contributed by atoms with E-state index in [1.165, 1.54) is 19.3 Å². The van der Waals surface area contributed by atoms with Gasteiger partial charge in [0.15, 0.2) is 0 Å².